The van der Waals surface area contributed by atoms with Crippen molar-refractivity contribution in [3.05, 3.63) is 28.8 Å². The first-order valence-corrected chi connectivity index (χ1v) is 7.95. The Morgan fingerprint density at radius 2 is 2.29 bits per heavy atom. The molecule has 0 fully saturated rings. The van der Waals surface area contributed by atoms with Gasteiger partial charge in [0.1, 0.15) is 5.75 Å². The van der Waals surface area contributed by atoms with Crippen LogP contribution >= 0.6 is 23.4 Å². The molecule has 6 nitrogen and oxygen atoms in total. The number of methoxy groups -OCH3 is 1. The molecule has 0 aliphatic carbocycles. The highest BCUT2D eigenvalue weighted by Gasteiger charge is 2.03. The van der Waals surface area contributed by atoms with Crippen molar-refractivity contribution in [2.24, 2.45) is 7.05 Å². The molecule has 1 N–H and O–H groups in total. The third-order valence-electron chi connectivity index (χ3n) is 2.86. The second-order valence-electron chi connectivity index (χ2n) is 4.43. The zero-order valence-electron chi connectivity index (χ0n) is 12.0. The molecule has 2 aromatic rings. The fourth-order valence-electron chi connectivity index (χ4n) is 1.76. The van der Waals surface area contributed by atoms with E-state index in [1.165, 1.54) is 0 Å². The molecule has 0 aliphatic rings. The quantitative estimate of drug-likeness (QED) is 0.592. The van der Waals surface area contributed by atoms with E-state index in [1.54, 1.807) is 23.6 Å². The Balaban J connectivity index is 1.63. The second-order valence-corrected chi connectivity index (χ2v) is 5.90. The van der Waals surface area contributed by atoms with Crippen LogP contribution in [-0.4, -0.2) is 39.6 Å². The van der Waals surface area contributed by atoms with Crippen molar-refractivity contribution in [2.45, 2.75) is 18.1 Å². The lowest BCUT2D eigenvalue weighted by atomic mass is 10.2. The number of benzene rings is 1. The number of hydrogen-bond acceptors (Lipinski definition) is 6. The van der Waals surface area contributed by atoms with E-state index in [2.05, 4.69) is 20.8 Å². The number of thioether (sulfide) groups is 1. The van der Waals surface area contributed by atoms with Gasteiger partial charge in [0.05, 0.1) is 12.1 Å². The van der Waals surface area contributed by atoms with Crippen LogP contribution in [0.25, 0.3) is 0 Å². The maximum Gasteiger partial charge on any atom is 0.209 e. The summed E-state index contributed by atoms with van der Waals surface area (Å²) in [6, 6.07) is 5.82. The molecule has 0 saturated carbocycles. The number of aromatic nitrogens is 4. The van der Waals surface area contributed by atoms with Crippen molar-refractivity contribution in [1.29, 1.82) is 0 Å². The minimum absolute atomic E-state index is 0.641. The molecular formula is C13H18ClN5OS. The van der Waals surface area contributed by atoms with Gasteiger partial charge >= 0.3 is 0 Å². The van der Waals surface area contributed by atoms with Crippen molar-refractivity contribution in [1.82, 2.24) is 25.5 Å². The Labute approximate surface area is 133 Å². The maximum atomic E-state index is 6.09. The molecule has 1 aromatic heterocycles. The highest BCUT2D eigenvalue weighted by molar-refractivity contribution is 7.99. The molecule has 0 bridgehead atoms. The van der Waals surface area contributed by atoms with Crippen molar-refractivity contribution >= 4 is 23.4 Å². The van der Waals surface area contributed by atoms with Crippen molar-refractivity contribution in [3.8, 4) is 5.75 Å². The monoisotopic (exact) mass is 327 g/mol. The van der Waals surface area contributed by atoms with Gasteiger partial charge < -0.3 is 10.1 Å². The van der Waals surface area contributed by atoms with E-state index in [4.69, 9.17) is 16.3 Å². The SMILES string of the molecule is COc1ccc(CNCCCSc2nnnn2C)cc1Cl. The normalized spacial score (nSPS) is 10.8. The smallest absolute Gasteiger partial charge is 0.209 e. The third-order valence-corrected chi connectivity index (χ3v) is 4.25. The van der Waals surface area contributed by atoms with Gasteiger partial charge in [-0.2, -0.15) is 0 Å². The number of tetrazole rings is 1. The number of nitrogens with zero attached hydrogens (tertiary/aromatic N) is 4. The summed E-state index contributed by atoms with van der Waals surface area (Å²) in [7, 11) is 3.46. The Hall–Kier alpha value is -1.31. The number of ether oxygens (including phenoxy) is 1. The van der Waals surface area contributed by atoms with Crippen LogP contribution in [0.1, 0.15) is 12.0 Å². The standard InChI is InChI=1S/C13H18ClN5OS/c1-19-13(16-17-18-19)21-7-3-6-15-9-10-4-5-12(20-2)11(14)8-10/h4-5,8,15H,3,6-7,9H2,1-2H3. The fraction of sp³-hybridized carbons (Fsp3) is 0.462. The number of halogens is 1. The molecule has 1 heterocycles. The Kier molecular flexibility index (Phi) is 6.28. The van der Waals surface area contributed by atoms with Gasteiger partial charge in [0, 0.05) is 19.3 Å². The first kappa shape index (κ1) is 16.1. The van der Waals surface area contributed by atoms with Crippen LogP contribution in [0.15, 0.2) is 23.4 Å². The summed E-state index contributed by atoms with van der Waals surface area (Å²) in [5, 5.41) is 16.2. The zero-order chi connectivity index (χ0) is 15.1. The van der Waals surface area contributed by atoms with Crippen LogP contribution in [0.5, 0.6) is 5.75 Å². The molecule has 0 radical (unpaired) electrons. The molecule has 1 aromatic carbocycles. The summed E-state index contributed by atoms with van der Waals surface area (Å²) in [5.74, 6) is 1.68. The Bertz CT molecular complexity index is 577. The molecule has 0 atom stereocenters. The van der Waals surface area contributed by atoms with Gasteiger partial charge in [-0.05, 0) is 41.1 Å². The van der Waals surface area contributed by atoms with Crippen LogP contribution in [-0.2, 0) is 13.6 Å². The minimum Gasteiger partial charge on any atom is -0.495 e. The fourth-order valence-corrected chi connectivity index (χ4v) is 2.83. The number of aryl methyl sites for hydroxylation is 1. The van der Waals surface area contributed by atoms with Gasteiger partial charge in [0.15, 0.2) is 0 Å². The highest BCUT2D eigenvalue weighted by Crippen LogP contribution is 2.24. The van der Waals surface area contributed by atoms with E-state index in [-0.39, 0.29) is 0 Å². The number of nitrogens with one attached hydrogen (secondary N) is 1. The molecular weight excluding hydrogens is 310 g/mol. The van der Waals surface area contributed by atoms with Crippen molar-refractivity contribution in [2.75, 3.05) is 19.4 Å². The third kappa shape index (κ3) is 4.87. The van der Waals surface area contributed by atoms with Crippen LogP contribution in [0.3, 0.4) is 0 Å². The van der Waals surface area contributed by atoms with E-state index >= 15 is 0 Å². The topological polar surface area (TPSA) is 64.9 Å². The molecule has 0 aliphatic heterocycles. The molecule has 0 saturated heterocycles. The average Bonchev–Trinajstić information content (AvgIpc) is 2.88. The Morgan fingerprint density at radius 3 is 2.95 bits per heavy atom. The molecule has 0 amide bonds. The van der Waals surface area contributed by atoms with E-state index in [0.717, 1.165) is 36.0 Å². The number of hydrogen-bond donors (Lipinski definition) is 1. The molecule has 0 spiro atoms. The van der Waals surface area contributed by atoms with Gasteiger partial charge in [-0.3, -0.25) is 0 Å². The molecule has 0 unspecified atom stereocenters. The largest absolute Gasteiger partial charge is 0.495 e. The maximum absolute atomic E-state index is 6.09. The van der Waals surface area contributed by atoms with Crippen LogP contribution in [0, 0.1) is 0 Å². The Morgan fingerprint density at radius 1 is 1.43 bits per heavy atom. The average molecular weight is 328 g/mol. The lowest BCUT2D eigenvalue weighted by molar-refractivity contribution is 0.415. The van der Waals surface area contributed by atoms with Gasteiger partial charge in [-0.15, -0.1) is 5.10 Å². The van der Waals surface area contributed by atoms with E-state index in [0.29, 0.717) is 10.8 Å². The van der Waals surface area contributed by atoms with E-state index in [9.17, 15) is 0 Å². The van der Waals surface area contributed by atoms with E-state index < -0.39 is 0 Å². The van der Waals surface area contributed by atoms with E-state index in [1.807, 2.05) is 25.2 Å². The van der Waals surface area contributed by atoms with Crippen LogP contribution in [0.2, 0.25) is 5.02 Å². The highest BCUT2D eigenvalue weighted by atomic mass is 35.5. The molecule has 8 heteroatoms. The molecule has 21 heavy (non-hydrogen) atoms. The van der Waals surface area contributed by atoms with Crippen LogP contribution in [0.4, 0.5) is 0 Å². The molecule has 2 rings (SSSR count). The summed E-state index contributed by atoms with van der Waals surface area (Å²) in [5.41, 5.74) is 1.14. The van der Waals surface area contributed by atoms with Gasteiger partial charge in [0.2, 0.25) is 5.16 Å². The second kappa shape index (κ2) is 8.21. The summed E-state index contributed by atoms with van der Waals surface area (Å²) in [6.07, 6.45) is 1.04. The van der Waals surface area contributed by atoms with Gasteiger partial charge in [-0.25, -0.2) is 4.68 Å². The lowest BCUT2D eigenvalue weighted by Crippen LogP contribution is -2.15. The van der Waals surface area contributed by atoms with Crippen molar-refractivity contribution < 1.29 is 4.74 Å². The summed E-state index contributed by atoms with van der Waals surface area (Å²) in [6.45, 7) is 1.72. The minimum atomic E-state index is 0.641. The molecule has 114 valence electrons. The predicted molar refractivity (Wildman–Crippen MR) is 83.8 cm³/mol. The first-order valence-electron chi connectivity index (χ1n) is 6.59. The predicted octanol–water partition coefficient (Wildman–Crippen LogP) is 2.14. The zero-order valence-corrected chi connectivity index (χ0v) is 13.6. The van der Waals surface area contributed by atoms with Crippen LogP contribution < -0.4 is 10.1 Å². The lowest BCUT2D eigenvalue weighted by Gasteiger charge is -2.07. The summed E-state index contributed by atoms with van der Waals surface area (Å²) < 4.78 is 6.81. The first-order chi connectivity index (χ1) is 10.2. The van der Waals surface area contributed by atoms with Gasteiger partial charge in [-0.1, -0.05) is 29.4 Å². The van der Waals surface area contributed by atoms with Crippen molar-refractivity contribution in [3.63, 3.8) is 0 Å². The number of rotatable bonds is 8. The summed E-state index contributed by atoms with van der Waals surface area (Å²) in [4.78, 5) is 0. The summed E-state index contributed by atoms with van der Waals surface area (Å²) >= 11 is 7.74. The van der Waals surface area contributed by atoms with Gasteiger partial charge in [0.25, 0.3) is 0 Å².